The second-order valence-corrected chi connectivity index (χ2v) is 7.59. The first-order chi connectivity index (χ1) is 10.8. The van der Waals surface area contributed by atoms with E-state index in [1.165, 1.54) is 0 Å². The molecule has 0 N–H and O–H groups in total. The summed E-state index contributed by atoms with van der Waals surface area (Å²) in [5, 5.41) is 0. The minimum absolute atomic E-state index is 0.228. The number of aromatic nitrogens is 1. The van der Waals surface area contributed by atoms with E-state index in [1.54, 1.807) is 18.9 Å². The summed E-state index contributed by atoms with van der Waals surface area (Å²) < 4.78 is 10.8. The predicted molar refractivity (Wildman–Crippen MR) is 92.4 cm³/mol. The van der Waals surface area contributed by atoms with Crippen molar-refractivity contribution in [3.63, 3.8) is 0 Å². The summed E-state index contributed by atoms with van der Waals surface area (Å²) in [4.78, 5) is 19.5. The van der Waals surface area contributed by atoms with E-state index in [-0.39, 0.29) is 6.09 Å². The molecule has 23 heavy (non-hydrogen) atoms. The summed E-state index contributed by atoms with van der Waals surface area (Å²) in [5.41, 5.74) is 0.695. The van der Waals surface area contributed by atoms with Gasteiger partial charge >= 0.3 is 6.09 Å². The monoisotopic (exact) mass is 338 g/mol. The number of carbonyl (C=O) groups excluding carboxylic acids is 1. The summed E-state index contributed by atoms with van der Waals surface area (Å²) in [5.74, 6) is 0.946. The first-order valence-corrected chi connectivity index (χ1v) is 9.12. The molecule has 5 nitrogen and oxygen atoms in total. The number of hydrogen-bond acceptors (Lipinski definition) is 5. The van der Waals surface area contributed by atoms with E-state index >= 15 is 0 Å². The van der Waals surface area contributed by atoms with E-state index in [0.717, 1.165) is 29.8 Å². The lowest BCUT2D eigenvalue weighted by molar-refractivity contribution is 0.0198. The molecule has 1 aliphatic heterocycles. The van der Waals surface area contributed by atoms with Gasteiger partial charge in [-0.25, -0.2) is 9.78 Å². The van der Waals surface area contributed by atoms with Gasteiger partial charge in [-0.3, -0.25) is 0 Å². The number of rotatable bonds is 3. The van der Waals surface area contributed by atoms with Gasteiger partial charge in [0.1, 0.15) is 5.60 Å². The molecule has 1 unspecified atom stereocenters. The zero-order chi connectivity index (χ0) is 17.0. The van der Waals surface area contributed by atoms with Crippen molar-refractivity contribution in [1.82, 2.24) is 9.88 Å². The van der Waals surface area contributed by atoms with Crippen molar-refractivity contribution in [2.45, 2.75) is 50.0 Å². The highest BCUT2D eigenvalue weighted by molar-refractivity contribution is 7.98. The number of carbonyl (C=O) groups is 1. The van der Waals surface area contributed by atoms with Crippen LogP contribution in [-0.4, -0.2) is 48.0 Å². The van der Waals surface area contributed by atoms with Crippen molar-refractivity contribution in [1.29, 1.82) is 0 Å². The fourth-order valence-electron chi connectivity index (χ4n) is 2.71. The molecule has 0 saturated carbocycles. The third kappa shape index (κ3) is 4.77. The first-order valence-electron chi connectivity index (χ1n) is 7.90. The maximum atomic E-state index is 12.3. The Labute approximate surface area is 142 Å². The molecular weight excluding hydrogens is 312 g/mol. The molecule has 128 valence electrons. The fraction of sp³-hybridized carbons (Fsp3) is 0.647. The van der Waals surface area contributed by atoms with E-state index in [4.69, 9.17) is 9.47 Å². The maximum absolute atomic E-state index is 12.3. The van der Waals surface area contributed by atoms with Crippen LogP contribution >= 0.6 is 11.8 Å². The lowest BCUT2D eigenvalue weighted by Gasteiger charge is -2.34. The smallest absolute Gasteiger partial charge is 0.410 e. The second kappa shape index (κ2) is 7.43. The molecule has 2 rings (SSSR count). The van der Waals surface area contributed by atoms with Crippen molar-refractivity contribution < 1.29 is 14.3 Å². The van der Waals surface area contributed by atoms with Gasteiger partial charge in [0.05, 0.1) is 12.0 Å². The molecule has 1 aromatic rings. The molecule has 6 heteroatoms. The first kappa shape index (κ1) is 17.9. The van der Waals surface area contributed by atoms with E-state index < -0.39 is 5.60 Å². The SMILES string of the molecule is COc1ncc(C2CCCN(C(=O)OC(C)(C)C)C2)cc1SC. The molecule has 0 bridgehead atoms. The Morgan fingerprint density at radius 1 is 1.43 bits per heavy atom. The van der Waals surface area contributed by atoms with Gasteiger partial charge in [-0.05, 0) is 51.5 Å². The molecule has 1 amide bonds. The largest absolute Gasteiger partial charge is 0.480 e. The van der Waals surface area contributed by atoms with Crippen LogP contribution in [0.5, 0.6) is 5.88 Å². The predicted octanol–water partition coefficient (Wildman–Crippen LogP) is 3.93. The van der Waals surface area contributed by atoms with Gasteiger partial charge in [-0.2, -0.15) is 0 Å². The summed E-state index contributed by atoms with van der Waals surface area (Å²) in [6, 6.07) is 2.12. The van der Waals surface area contributed by atoms with Crippen molar-refractivity contribution in [2.75, 3.05) is 26.5 Å². The highest BCUT2D eigenvalue weighted by Gasteiger charge is 2.28. The summed E-state index contributed by atoms with van der Waals surface area (Å²) in [6.07, 6.45) is 5.68. The standard InChI is InChI=1S/C17H26N2O3S/c1-17(2,3)22-16(20)19-8-6-7-12(11-19)13-9-14(23-5)15(21-4)18-10-13/h9-10,12H,6-8,11H2,1-5H3. The number of nitrogens with zero attached hydrogens (tertiary/aromatic N) is 2. The van der Waals surface area contributed by atoms with Gasteiger partial charge < -0.3 is 14.4 Å². The number of ether oxygens (including phenoxy) is 2. The van der Waals surface area contributed by atoms with Crippen LogP contribution in [0, 0.1) is 0 Å². The number of amides is 1. The van der Waals surface area contributed by atoms with Crippen molar-refractivity contribution in [3.05, 3.63) is 17.8 Å². The van der Waals surface area contributed by atoms with Crippen LogP contribution in [0.3, 0.4) is 0 Å². The van der Waals surface area contributed by atoms with Crippen LogP contribution in [0.25, 0.3) is 0 Å². The normalized spacial score (nSPS) is 18.7. The highest BCUT2D eigenvalue weighted by atomic mass is 32.2. The van der Waals surface area contributed by atoms with E-state index in [1.807, 2.05) is 38.1 Å². The second-order valence-electron chi connectivity index (χ2n) is 6.75. The van der Waals surface area contributed by atoms with Crippen LogP contribution in [0.2, 0.25) is 0 Å². The average Bonchev–Trinajstić information content (AvgIpc) is 2.52. The van der Waals surface area contributed by atoms with Crippen molar-refractivity contribution in [2.24, 2.45) is 0 Å². The van der Waals surface area contributed by atoms with E-state index in [9.17, 15) is 4.79 Å². The Kier molecular flexibility index (Phi) is 5.79. The Balaban J connectivity index is 2.10. The van der Waals surface area contributed by atoms with Crippen LogP contribution in [0.1, 0.15) is 45.1 Å². The Bertz CT molecular complexity index is 557. The molecular formula is C17H26N2O3S. The molecule has 1 fully saturated rings. The van der Waals surface area contributed by atoms with E-state index in [2.05, 4.69) is 11.1 Å². The Morgan fingerprint density at radius 3 is 2.78 bits per heavy atom. The Morgan fingerprint density at radius 2 is 2.17 bits per heavy atom. The van der Waals surface area contributed by atoms with Crippen LogP contribution in [0.15, 0.2) is 17.2 Å². The number of thioether (sulfide) groups is 1. The number of methoxy groups -OCH3 is 1. The zero-order valence-corrected chi connectivity index (χ0v) is 15.4. The molecule has 1 saturated heterocycles. The molecule has 0 radical (unpaired) electrons. The minimum Gasteiger partial charge on any atom is -0.480 e. The quantitative estimate of drug-likeness (QED) is 0.782. The van der Waals surface area contributed by atoms with Gasteiger partial charge in [-0.15, -0.1) is 11.8 Å². The molecule has 1 aromatic heterocycles. The molecule has 0 aliphatic carbocycles. The van der Waals surface area contributed by atoms with Gasteiger partial charge in [0.25, 0.3) is 0 Å². The van der Waals surface area contributed by atoms with E-state index in [0.29, 0.717) is 18.3 Å². The minimum atomic E-state index is -0.461. The maximum Gasteiger partial charge on any atom is 0.410 e. The van der Waals surface area contributed by atoms with Gasteiger partial charge in [0.15, 0.2) is 0 Å². The van der Waals surface area contributed by atoms with Gasteiger partial charge in [-0.1, -0.05) is 0 Å². The van der Waals surface area contributed by atoms with Crippen molar-refractivity contribution in [3.8, 4) is 5.88 Å². The Hall–Kier alpha value is -1.43. The topological polar surface area (TPSA) is 51.7 Å². The molecule has 1 atom stereocenters. The summed E-state index contributed by atoms with van der Waals surface area (Å²) in [6.45, 7) is 7.11. The fourth-order valence-corrected chi connectivity index (χ4v) is 3.28. The lowest BCUT2D eigenvalue weighted by atomic mass is 9.92. The van der Waals surface area contributed by atoms with Crippen LogP contribution in [-0.2, 0) is 4.74 Å². The lowest BCUT2D eigenvalue weighted by Crippen LogP contribution is -2.42. The average molecular weight is 338 g/mol. The number of piperidine rings is 1. The van der Waals surface area contributed by atoms with Gasteiger partial charge in [0.2, 0.25) is 5.88 Å². The molecule has 2 heterocycles. The number of pyridine rings is 1. The molecule has 1 aliphatic rings. The summed E-state index contributed by atoms with van der Waals surface area (Å²) in [7, 11) is 1.63. The third-order valence-electron chi connectivity index (χ3n) is 3.80. The van der Waals surface area contributed by atoms with Crippen LogP contribution in [0.4, 0.5) is 4.79 Å². The molecule has 0 aromatic carbocycles. The zero-order valence-electron chi connectivity index (χ0n) is 14.6. The number of hydrogen-bond donors (Lipinski definition) is 0. The summed E-state index contributed by atoms with van der Waals surface area (Å²) >= 11 is 1.62. The van der Waals surface area contributed by atoms with Gasteiger partial charge in [0, 0.05) is 25.2 Å². The third-order valence-corrected chi connectivity index (χ3v) is 4.53. The number of likely N-dealkylation sites (tertiary alicyclic amines) is 1. The van der Waals surface area contributed by atoms with Crippen LogP contribution < -0.4 is 4.74 Å². The molecule has 0 spiro atoms. The van der Waals surface area contributed by atoms with Crippen molar-refractivity contribution >= 4 is 17.9 Å². The highest BCUT2D eigenvalue weighted by Crippen LogP contribution is 2.32.